The van der Waals surface area contributed by atoms with Crippen molar-refractivity contribution in [3.05, 3.63) is 30.3 Å². The zero-order chi connectivity index (χ0) is 14.5. The van der Waals surface area contributed by atoms with Gasteiger partial charge in [-0.05, 0) is 26.0 Å². The summed E-state index contributed by atoms with van der Waals surface area (Å²) < 4.78 is 5.31. The maximum absolute atomic E-state index is 12.3. The van der Waals surface area contributed by atoms with Crippen molar-refractivity contribution in [2.75, 3.05) is 18.1 Å². The molecule has 1 saturated heterocycles. The van der Waals surface area contributed by atoms with Crippen molar-refractivity contribution >= 4 is 17.5 Å². The summed E-state index contributed by atoms with van der Waals surface area (Å²) in [6, 6.07) is 8.59. The van der Waals surface area contributed by atoms with Gasteiger partial charge in [-0.3, -0.25) is 9.59 Å². The molecule has 0 spiro atoms. The van der Waals surface area contributed by atoms with Crippen molar-refractivity contribution < 1.29 is 14.3 Å². The summed E-state index contributed by atoms with van der Waals surface area (Å²) in [7, 11) is 0. The van der Waals surface area contributed by atoms with E-state index < -0.39 is 6.04 Å². The zero-order valence-electron chi connectivity index (χ0n) is 11.8. The molecule has 1 aromatic carbocycles. The summed E-state index contributed by atoms with van der Waals surface area (Å²) in [6.07, 6.45) is 0.199. The number of amides is 2. The van der Waals surface area contributed by atoms with E-state index in [0.717, 1.165) is 0 Å². The molecule has 2 atom stereocenters. The highest BCUT2D eigenvalue weighted by Gasteiger charge is 2.39. The van der Waals surface area contributed by atoms with Crippen LogP contribution in [0.15, 0.2) is 30.3 Å². The molecule has 20 heavy (non-hydrogen) atoms. The molecule has 0 saturated carbocycles. The number of rotatable bonds is 6. The molecule has 0 aliphatic carbocycles. The largest absolute Gasteiger partial charge is 0.380 e. The van der Waals surface area contributed by atoms with E-state index >= 15 is 0 Å². The fourth-order valence-electron chi connectivity index (χ4n) is 2.30. The first-order valence-corrected chi connectivity index (χ1v) is 6.89. The number of benzene rings is 1. The lowest BCUT2D eigenvalue weighted by Gasteiger charge is -2.18. The fraction of sp³-hybridized carbons (Fsp3) is 0.467. The molecule has 1 aromatic rings. The molecule has 1 N–H and O–H groups in total. The van der Waals surface area contributed by atoms with E-state index in [4.69, 9.17) is 4.74 Å². The van der Waals surface area contributed by atoms with Crippen molar-refractivity contribution in [1.29, 1.82) is 0 Å². The second kappa shape index (κ2) is 6.63. The Bertz CT molecular complexity index is 475. The van der Waals surface area contributed by atoms with Crippen LogP contribution in [-0.4, -0.2) is 37.1 Å². The molecule has 5 heteroatoms. The van der Waals surface area contributed by atoms with Crippen molar-refractivity contribution in [3.8, 4) is 0 Å². The van der Waals surface area contributed by atoms with Crippen molar-refractivity contribution in [2.24, 2.45) is 0 Å². The molecule has 0 bridgehead atoms. The average molecular weight is 276 g/mol. The summed E-state index contributed by atoms with van der Waals surface area (Å²) in [4.78, 5) is 25.6. The Morgan fingerprint density at radius 2 is 2.05 bits per heavy atom. The van der Waals surface area contributed by atoms with Gasteiger partial charge in [-0.2, -0.15) is 0 Å². The normalized spacial score (nSPS) is 20.5. The van der Waals surface area contributed by atoms with E-state index in [1.54, 1.807) is 12.1 Å². The van der Waals surface area contributed by atoms with E-state index in [1.807, 2.05) is 32.0 Å². The third-order valence-corrected chi connectivity index (χ3v) is 3.22. The topological polar surface area (TPSA) is 58.6 Å². The molecule has 0 aromatic heterocycles. The molecular formula is C15H20N2O3. The van der Waals surface area contributed by atoms with Crippen LogP contribution in [0, 0.1) is 0 Å². The minimum Gasteiger partial charge on any atom is -0.380 e. The highest BCUT2D eigenvalue weighted by Crippen LogP contribution is 2.22. The highest BCUT2D eigenvalue weighted by atomic mass is 16.5. The molecule has 5 nitrogen and oxygen atoms in total. The van der Waals surface area contributed by atoms with Crippen LogP contribution in [-0.2, 0) is 14.3 Å². The number of anilines is 1. The third-order valence-electron chi connectivity index (χ3n) is 3.22. The number of imide groups is 1. The van der Waals surface area contributed by atoms with Crippen molar-refractivity contribution in [1.82, 2.24) is 5.32 Å². The molecule has 2 rings (SSSR count). The second-order valence-corrected chi connectivity index (χ2v) is 4.89. The number of hydrogen-bond acceptors (Lipinski definition) is 4. The van der Waals surface area contributed by atoms with Crippen LogP contribution < -0.4 is 10.2 Å². The van der Waals surface area contributed by atoms with Gasteiger partial charge in [-0.1, -0.05) is 18.2 Å². The average Bonchev–Trinajstić information content (AvgIpc) is 2.72. The van der Waals surface area contributed by atoms with Crippen LogP contribution in [0.5, 0.6) is 0 Å². The molecule has 0 radical (unpaired) electrons. The number of carbonyl (C=O) groups is 2. The minimum absolute atomic E-state index is 0.0347. The number of nitrogens with one attached hydrogen (secondary N) is 1. The SMILES string of the molecule is CCOCC(C)NC1CC(=O)N(c2ccccc2)C1=O. The lowest BCUT2D eigenvalue weighted by atomic mass is 10.2. The number of ether oxygens (including phenoxy) is 1. The fourth-order valence-corrected chi connectivity index (χ4v) is 2.30. The Morgan fingerprint density at radius 1 is 1.35 bits per heavy atom. The smallest absolute Gasteiger partial charge is 0.251 e. The van der Waals surface area contributed by atoms with Crippen LogP contribution in [0.25, 0.3) is 0 Å². The molecule has 1 fully saturated rings. The Labute approximate surface area is 118 Å². The Morgan fingerprint density at radius 3 is 2.70 bits per heavy atom. The van der Waals surface area contributed by atoms with E-state index in [9.17, 15) is 9.59 Å². The predicted octanol–water partition coefficient (Wildman–Crippen LogP) is 1.33. The van der Waals surface area contributed by atoms with Gasteiger partial charge in [-0.25, -0.2) is 4.90 Å². The Balaban J connectivity index is 2.02. The number of nitrogens with zero attached hydrogens (tertiary/aromatic N) is 1. The van der Waals surface area contributed by atoms with E-state index in [2.05, 4.69) is 5.32 Å². The second-order valence-electron chi connectivity index (χ2n) is 4.89. The van der Waals surface area contributed by atoms with E-state index in [1.165, 1.54) is 4.90 Å². The maximum atomic E-state index is 12.3. The summed E-state index contributed by atoms with van der Waals surface area (Å²) in [5.74, 6) is -0.355. The van der Waals surface area contributed by atoms with Crippen LogP contribution in [0.2, 0.25) is 0 Å². The summed E-state index contributed by atoms with van der Waals surface area (Å²) >= 11 is 0. The monoisotopic (exact) mass is 276 g/mol. The van der Waals surface area contributed by atoms with Gasteiger partial charge in [0.1, 0.15) is 0 Å². The Kier molecular flexibility index (Phi) is 4.87. The molecule has 2 amide bonds. The van der Waals surface area contributed by atoms with Gasteiger partial charge in [-0.15, -0.1) is 0 Å². The first kappa shape index (κ1) is 14.7. The van der Waals surface area contributed by atoms with Crippen LogP contribution in [0.4, 0.5) is 5.69 Å². The van der Waals surface area contributed by atoms with Gasteiger partial charge >= 0.3 is 0 Å². The van der Waals surface area contributed by atoms with Gasteiger partial charge in [0.15, 0.2) is 0 Å². The molecule has 108 valence electrons. The number of carbonyl (C=O) groups excluding carboxylic acids is 2. The highest BCUT2D eigenvalue weighted by molar-refractivity contribution is 6.22. The quantitative estimate of drug-likeness (QED) is 0.796. The maximum Gasteiger partial charge on any atom is 0.251 e. The summed E-state index contributed by atoms with van der Waals surface area (Å²) in [5.41, 5.74) is 0.629. The lowest BCUT2D eigenvalue weighted by Crippen LogP contribution is -2.44. The summed E-state index contributed by atoms with van der Waals surface area (Å²) in [5, 5.41) is 3.16. The van der Waals surface area contributed by atoms with Gasteiger partial charge in [0.05, 0.1) is 24.8 Å². The molecule has 1 heterocycles. The van der Waals surface area contributed by atoms with Crippen LogP contribution in [0.1, 0.15) is 20.3 Å². The number of hydrogen-bond donors (Lipinski definition) is 1. The Hall–Kier alpha value is -1.72. The third kappa shape index (κ3) is 3.23. The van der Waals surface area contributed by atoms with Gasteiger partial charge < -0.3 is 10.1 Å². The predicted molar refractivity (Wildman–Crippen MR) is 76.4 cm³/mol. The first-order chi connectivity index (χ1) is 9.63. The molecule has 2 unspecified atom stereocenters. The van der Waals surface area contributed by atoms with E-state index in [0.29, 0.717) is 18.9 Å². The zero-order valence-corrected chi connectivity index (χ0v) is 11.8. The van der Waals surface area contributed by atoms with Crippen molar-refractivity contribution in [2.45, 2.75) is 32.4 Å². The first-order valence-electron chi connectivity index (χ1n) is 6.89. The van der Waals surface area contributed by atoms with E-state index in [-0.39, 0.29) is 24.3 Å². The minimum atomic E-state index is -0.460. The van der Waals surface area contributed by atoms with Crippen LogP contribution in [0.3, 0.4) is 0 Å². The summed E-state index contributed by atoms with van der Waals surface area (Å²) in [6.45, 7) is 5.03. The molecule has 1 aliphatic heterocycles. The molecular weight excluding hydrogens is 256 g/mol. The molecule has 1 aliphatic rings. The standard InChI is InChI=1S/C15H20N2O3/c1-3-20-10-11(2)16-13-9-14(18)17(15(13)19)12-7-5-4-6-8-12/h4-8,11,13,16H,3,9-10H2,1-2H3. The number of para-hydroxylation sites is 1. The van der Waals surface area contributed by atoms with Gasteiger partial charge in [0.25, 0.3) is 5.91 Å². The van der Waals surface area contributed by atoms with Crippen LogP contribution >= 0.6 is 0 Å². The lowest BCUT2D eigenvalue weighted by molar-refractivity contribution is -0.121. The van der Waals surface area contributed by atoms with Crippen molar-refractivity contribution in [3.63, 3.8) is 0 Å². The van der Waals surface area contributed by atoms with Gasteiger partial charge in [0, 0.05) is 12.6 Å². The van der Waals surface area contributed by atoms with Gasteiger partial charge in [0.2, 0.25) is 5.91 Å².